The lowest BCUT2D eigenvalue weighted by Crippen LogP contribution is -2.17. The maximum Gasteiger partial charge on any atom is 0.196 e. The van der Waals surface area contributed by atoms with E-state index >= 15 is 0 Å². The Morgan fingerprint density at radius 2 is 1.93 bits per heavy atom. The number of nitrogens with zero attached hydrogens (tertiary/aromatic N) is 4. The summed E-state index contributed by atoms with van der Waals surface area (Å²) in [5.74, 6) is 1.25. The van der Waals surface area contributed by atoms with E-state index in [2.05, 4.69) is 52.9 Å². The van der Waals surface area contributed by atoms with E-state index in [1.807, 2.05) is 24.5 Å². The minimum absolute atomic E-state index is 0.114. The number of hydrogen-bond acceptors (Lipinski definition) is 5. The van der Waals surface area contributed by atoms with Crippen LogP contribution in [0.3, 0.4) is 0 Å². The third kappa shape index (κ3) is 4.23. The first kappa shape index (κ1) is 20.9. The lowest BCUT2D eigenvalue weighted by molar-refractivity contribution is 0.0957. The number of benzene rings is 1. The number of rotatable bonds is 7. The van der Waals surface area contributed by atoms with E-state index in [9.17, 15) is 4.79 Å². The summed E-state index contributed by atoms with van der Waals surface area (Å²) in [4.78, 5) is 13.0. The van der Waals surface area contributed by atoms with E-state index < -0.39 is 0 Å². The molecule has 1 fully saturated rings. The number of aromatic nitrogens is 4. The summed E-state index contributed by atoms with van der Waals surface area (Å²) in [6, 6.07) is 10.2. The molecule has 1 aliphatic heterocycles. The predicted octanol–water partition coefficient (Wildman–Crippen LogP) is 4.46. The first-order valence-corrected chi connectivity index (χ1v) is 11.4. The average Bonchev–Trinajstić information content (AvgIpc) is 3.44. The van der Waals surface area contributed by atoms with Gasteiger partial charge in [0, 0.05) is 35.8 Å². The van der Waals surface area contributed by atoms with Gasteiger partial charge in [0.25, 0.3) is 0 Å². The molecule has 0 N–H and O–H groups in total. The quantitative estimate of drug-likeness (QED) is 0.414. The summed E-state index contributed by atoms with van der Waals surface area (Å²) in [6.45, 7) is 9.73. The minimum Gasteiger partial charge on any atom is -0.376 e. The molecule has 0 bridgehead atoms. The molecule has 0 spiro atoms. The third-order valence-corrected chi connectivity index (χ3v) is 6.63. The van der Waals surface area contributed by atoms with Gasteiger partial charge >= 0.3 is 0 Å². The van der Waals surface area contributed by atoms with E-state index in [1.165, 1.54) is 17.3 Å². The van der Waals surface area contributed by atoms with Crippen molar-refractivity contribution in [2.45, 2.75) is 58.3 Å². The van der Waals surface area contributed by atoms with Crippen molar-refractivity contribution in [3.05, 3.63) is 58.7 Å². The second-order valence-electron chi connectivity index (χ2n) is 7.94. The Morgan fingerprint density at radius 3 is 2.63 bits per heavy atom. The summed E-state index contributed by atoms with van der Waals surface area (Å²) in [5.41, 5.74) is 5.12. The molecule has 3 heterocycles. The van der Waals surface area contributed by atoms with Crippen LogP contribution in [0.2, 0.25) is 0 Å². The van der Waals surface area contributed by atoms with Crippen molar-refractivity contribution in [2.24, 2.45) is 0 Å². The zero-order valence-electron chi connectivity index (χ0n) is 18.0. The lowest BCUT2D eigenvalue weighted by atomic mass is 10.2. The fourth-order valence-corrected chi connectivity index (χ4v) is 4.87. The number of carbonyl (C=O) groups excluding carboxylic acids is 1. The molecule has 30 heavy (non-hydrogen) atoms. The molecule has 1 aliphatic rings. The average molecular weight is 425 g/mol. The zero-order chi connectivity index (χ0) is 21.3. The Bertz CT molecular complexity index is 1050. The molecule has 0 radical (unpaired) electrons. The topological polar surface area (TPSA) is 61.9 Å². The monoisotopic (exact) mass is 424 g/mol. The molecule has 1 unspecified atom stereocenters. The second kappa shape index (κ2) is 8.78. The van der Waals surface area contributed by atoms with Crippen molar-refractivity contribution in [3.8, 4) is 5.69 Å². The van der Waals surface area contributed by atoms with Crippen LogP contribution in [0.1, 0.15) is 46.0 Å². The van der Waals surface area contributed by atoms with E-state index in [4.69, 9.17) is 4.74 Å². The van der Waals surface area contributed by atoms with E-state index in [0.717, 1.165) is 59.6 Å². The van der Waals surface area contributed by atoms with Crippen molar-refractivity contribution >= 4 is 17.5 Å². The van der Waals surface area contributed by atoms with Crippen LogP contribution in [0.5, 0.6) is 0 Å². The van der Waals surface area contributed by atoms with Gasteiger partial charge in [0.15, 0.2) is 10.9 Å². The largest absolute Gasteiger partial charge is 0.376 e. The molecule has 6 nitrogen and oxygen atoms in total. The van der Waals surface area contributed by atoms with Crippen LogP contribution in [0.15, 0.2) is 35.5 Å². The molecule has 0 aliphatic carbocycles. The molecule has 0 saturated carbocycles. The molecule has 1 aromatic carbocycles. The molecular formula is C23H28N4O2S. The van der Waals surface area contributed by atoms with Gasteiger partial charge in [-0.15, -0.1) is 10.2 Å². The predicted molar refractivity (Wildman–Crippen MR) is 119 cm³/mol. The summed E-state index contributed by atoms with van der Waals surface area (Å²) in [5, 5.41) is 9.25. The Hall–Kier alpha value is -2.38. The van der Waals surface area contributed by atoms with Crippen molar-refractivity contribution in [3.63, 3.8) is 0 Å². The fraction of sp³-hybridized carbons (Fsp3) is 0.435. The Labute approximate surface area is 181 Å². The number of carbonyl (C=O) groups is 1. The molecular weight excluding hydrogens is 396 g/mol. The van der Waals surface area contributed by atoms with Crippen molar-refractivity contribution in [1.29, 1.82) is 0 Å². The van der Waals surface area contributed by atoms with Gasteiger partial charge in [0.2, 0.25) is 0 Å². The fourth-order valence-electron chi connectivity index (χ4n) is 3.99. The SMILES string of the molecule is Cc1ccc(-n2c(C)nnc2SCC(=O)c2cc(C)n(CC3CCCO3)c2C)cc1. The minimum atomic E-state index is 0.114. The molecule has 2 aromatic heterocycles. The zero-order valence-corrected chi connectivity index (χ0v) is 18.8. The number of ether oxygens (including phenoxy) is 1. The molecule has 1 saturated heterocycles. The molecule has 0 amide bonds. The molecule has 1 atom stereocenters. The maximum absolute atomic E-state index is 13.0. The number of thioether (sulfide) groups is 1. The van der Waals surface area contributed by atoms with Crippen LogP contribution in [0.25, 0.3) is 5.69 Å². The number of hydrogen-bond donors (Lipinski definition) is 0. The van der Waals surface area contributed by atoms with Crippen LogP contribution in [-0.4, -0.2) is 43.6 Å². The standard InChI is InChI=1S/C23H28N4O2S/c1-15-7-9-19(10-8-15)27-18(4)24-25-23(27)30-14-22(28)21-12-16(2)26(17(21)3)13-20-6-5-11-29-20/h7-10,12,20H,5-6,11,13-14H2,1-4H3. The Morgan fingerprint density at radius 1 is 1.17 bits per heavy atom. The first-order valence-electron chi connectivity index (χ1n) is 10.4. The molecule has 3 aromatic rings. The van der Waals surface area contributed by atoms with Gasteiger partial charge in [0.05, 0.1) is 11.9 Å². The van der Waals surface area contributed by atoms with E-state index in [0.29, 0.717) is 5.75 Å². The van der Waals surface area contributed by atoms with Crippen molar-refractivity contribution in [1.82, 2.24) is 19.3 Å². The van der Waals surface area contributed by atoms with Crippen molar-refractivity contribution in [2.75, 3.05) is 12.4 Å². The molecule has 158 valence electrons. The summed E-state index contributed by atoms with van der Waals surface area (Å²) < 4.78 is 9.99. The summed E-state index contributed by atoms with van der Waals surface area (Å²) in [7, 11) is 0. The summed E-state index contributed by atoms with van der Waals surface area (Å²) >= 11 is 1.43. The van der Waals surface area contributed by atoms with Gasteiger partial charge in [-0.05, 0) is 58.7 Å². The highest BCUT2D eigenvalue weighted by Crippen LogP contribution is 2.25. The number of aryl methyl sites for hydroxylation is 3. The number of ketones is 1. The highest BCUT2D eigenvalue weighted by molar-refractivity contribution is 7.99. The van der Waals surface area contributed by atoms with Crippen LogP contribution in [-0.2, 0) is 11.3 Å². The van der Waals surface area contributed by atoms with Crippen LogP contribution >= 0.6 is 11.8 Å². The Kier molecular flexibility index (Phi) is 6.11. The highest BCUT2D eigenvalue weighted by atomic mass is 32.2. The first-order chi connectivity index (χ1) is 14.4. The van der Waals surface area contributed by atoms with Gasteiger partial charge in [-0.25, -0.2) is 0 Å². The van der Waals surface area contributed by atoms with Gasteiger partial charge in [-0.1, -0.05) is 29.5 Å². The van der Waals surface area contributed by atoms with E-state index in [-0.39, 0.29) is 11.9 Å². The van der Waals surface area contributed by atoms with Gasteiger partial charge in [-0.3, -0.25) is 9.36 Å². The third-order valence-electron chi connectivity index (χ3n) is 5.70. The Balaban J connectivity index is 1.49. The molecule has 4 rings (SSSR count). The lowest BCUT2D eigenvalue weighted by Gasteiger charge is -2.14. The summed E-state index contributed by atoms with van der Waals surface area (Å²) in [6.07, 6.45) is 2.46. The molecule has 7 heteroatoms. The van der Waals surface area contributed by atoms with Crippen LogP contribution < -0.4 is 0 Å². The van der Waals surface area contributed by atoms with Crippen molar-refractivity contribution < 1.29 is 9.53 Å². The van der Waals surface area contributed by atoms with Crippen LogP contribution in [0, 0.1) is 27.7 Å². The number of Topliss-reactive ketones (excluding diaryl/α,β-unsaturated/α-hetero) is 1. The normalized spacial score (nSPS) is 16.3. The van der Waals surface area contributed by atoms with Gasteiger partial charge in [0.1, 0.15) is 5.82 Å². The van der Waals surface area contributed by atoms with E-state index in [1.54, 1.807) is 0 Å². The van der Waals surface area contributed by atoms with Gasteiger partial charge in [-0.2, -0.15) is 0 Å². The second-order valence-corrected chi connectivity index (χ2v) is 8.89. The van der Waals surface area contributed by atoms with Crippen LogP contribution in [0.4, 0.5) is 0 Å². The van der Waals surface area contributed by atoms with Gasteiger partial charge < -0.3 is 9.30 Å². The smallest absolute Gasteiger partial charge is 0.196 e. The maximum atomic E-state index is 13.0. The highest BCUT2D eigenvalue weighted by Gasteiger charge is 2.22.